The average Bonchev–Trinajstić information content (AvgIpc) is 2.59. The van der Waals surface area contributed by atoms with Crippen LogP contribution < -0.4 is 0 Å². The van der Waals surface area contributed by atoms with Gasteiger partial charge in [0.25, 0.3) is 0 Å². The van der Waals surface area contributed by atoms with Gasteiger partial charge in [-0.15, -0.1) is 0 Å². The van der Waals surface area contributed by atoms with Crippen molar-refractivity contribution in [3.63, 3.8) is 0 Å². The maximum atomic E-state index is 12.2. The number of rotatable bonds is 6. The molecule has 0 saturated heterocycles. The molecule has 0 aliphatic heterocycles. The zero-order valence-electron chi connectivity index (χ0n) is 13.8. The van der Waals surface area contributed by atoms with E-state index >= 15 is 0 Å². The van der Waals surface area contributed by atoms with E-state index in [-0.39, 0.29) is 12.1 Å². The summed E-state index contributed by atoms with van der Waals surface area (Å²) in [7, 11) is 0. The molecule has 2 rings (SSSR count). The van der Waals surface area contributed by atoms with Crippen LogP contribution in [0.25, 0.3) is 0 Å². The first-order valence-electron chi connectivity index (χ1n) is 8.59. The Bertz CT molecular complexity index is 560. The molecule has 3 nitrogen and oxygen atoms in total. The summed E-state index contributed by atoms with van der Waals surface area (Å²) in [5, 5.41) is 8.55. The van der Waals surface area contributed by atoms with Crippen molar-refractivity contribution in [1.82, 2.24) is 0 Å². The second kappa shape index (κ2) is 9.15. The van der Waals surface area contributed by atoms with Crippen LogP contribution in [0, 0.1) is 17.2 Å². The number of esters is 1. The molecule has 3 heteroatoms. The largest absolute Gasteiger partial charge is 0.459 e. The summed E-state index contributed by atoms with van der Waals surface area (Å²) in [6.45, 7) is 2.18. The number of hydrogen-bond donors (Lipinski definition) is 0. The predicted octanol–water partition coefficient (Wildman–Crippen LogP) is 4.82. The molecule has 0 heterocycles. The molecule has 0 spiro atoms. The molecule has 1 aromatic rings. The quantitative estimate of drug-likeness (QED) is 0.559. The second-order valence-electron chi connectivity index (χ2n) is 6.23. The summed E-state index contributed by atoms with van der Waals surface area (Å²) in [6, 6.07) is 9.82. The molecule has 1 fully saturated rings. The fraction of sp³-hybridized carbons (Fsp3) is 0.500. The van der Waals surface area contributed by atoms with E-state index in [1.807, 2.05) is 36.4 Å². The highest BCUT2D eigenvalue weighted by molar-refractivity contribution is 5.89. The third-order valence-electron chi connectivity index (χ3n) is 4.44. The molecule has 1 aliphatic carbocycles. The summed E-state index contributed by atoms with van der Waals surface area (Å²) in [4.78, 5) is 12.2. The van der Waals surface area contributed by atoms with E-state index in [1.54, 1.807) is 6.08 Å². The van der Waals surface area contributed by atoms with E-state index in [2.05, 4.69) is 6.92 Å². The summed E-state index contributed by atoms with van der Waals surface area (Å²) in [6.07, 6.45) is 10.6. The van der Waals surface area contributed by atoms with Crippen LogP contribution in [-0.4, -0.2) is 12.1 Å². The van der Waals surface area contributed by atoms with E-state index in [0.717, 1.165) is 32.1 Å². The Hall–Kier alpha value is -2.08. The Kier molecular flexibility index (Phi) is 6.87. The topological polar surface area (TPSA) is 50.1 Å². The minimum absolute atomic E-state index is 0.00834. The van der Waals surface area contributed by atoms with Gasteiger partial charge in [-0.05, 0) is 62.1 Å². The number of ether oxygens (including phenoxy) is 1. The molecule has 1 aliphatic rings. The first kappa shape index (κ1) is 17.3. The van der Waals surface area contributed by atoms with Gasteiger partial charge in [0.15, 0.2) is 0 Å². The smallest absolute Gasteiger partial charge is 0.338 e. The van der Waals surface area contributed by atoms with Crippen LogP contribution in [0.5, 0.6) is 0 Å². The molecule has 122 valence electrons. The van der Waals surface area contributed by atoms with Gasteiger partial charge in [-0.2, -0.15) is 5.26 Å². The van der Waals surface area contributed by atoms with E-state index < -0.39 is 0 Å². The van der Waals surface area contributed by atoms with Crippen LogP contribution in [0.3, 0.4) is 0 Å². The first-order valence-corrected chi connectivity index (χ1v) is 8.59. The number of unbranched alkanes of at least 4 members (excludes halogenated alkanes) is 1. The minimum Gasteiger partial charge on any atom is -0.459 e. The lowest BCUT2D eigenvalue weighted by Crippen LogP contribution is -2.24. The van der Waals surface area contributed by atoms with Crippen molar-refractivity contribution in [3.05, 3.63) is 47.5 Å². The third-order valence-corrected chi connectivity index (χ3v) is 4.44. The van der Waals surface area contributed by atoms with Gasteiger partial charge in [-0.25, -0.2) is 4.79 Å². The van der Waals surface area contributed by atoms with E-state index in [4.69, 9.17) is 10.00 Å². The molecule has 1 aromatic carbocycles. The lowest BCUT2D eigenvalue weighted by molar-refractivity contribution is 0.0185. The number of carbonyl (C=O) groups is 1. The van der Waals surface area contributed by atoms with Crippen molar-refractivity contribution in [2.45, 2.75) is 58.0 Å². The molecule has 0 bridgehead atoms. The molecule has 0 N–H and O–H groups in total. The van der Waals surface area contributed by atoms with Gasteiger partial charge in [0, 0.05) is 6.08 Å². The Morgan fingerprint density at radius 1 is 1.26 bits per heavy atom. The van der Waals surface area contributed by atoms with Crippen molar-refractivity contribution in [1.29, 1.82) is 5.26 Å². The van der Waals surface area contributed by atoms with Gasteiger partial charge in [0.1, 0.15) is 6.10 Å². The Morgan fingerprint density at radius 3 is 2.57 bits per heavy atom. The van der Waals surface area contributed by atoms with Crippen molar-refractivity contribution in [2.75, 3.05) is 0 Å². The van der Waals surface area contributed by atoms with Gasteiger partial charge in [-0.1, -0.05) is 31.6 Å². The Labute approximate surface area is 139 Å². The predicted molar refractivity (Wildman–Crippen MR) is 91.0 cm³/mol. The third kappa shape index (κ3) is 5.56. The number of nitrogens with zero attached hydrogens (tertiary/aromatic N) is 1. The van der Waals surface area contributed by atoms with E-state index in [9.17, 15) is 4.79 Å². The van der Waals surface area contributed by atoms with Gasteiger partial charge in [0.2, 0.25) is 0 Å². The van der Waals surface area contributed by atoms with Crippen molar-refractivity contribution in [2.24, 2.45) is 5.92 Å². The number of aryl methyl sites for hydroxylation is 1. The van der Waals surface area contributed by atoms with Crippen LogP contribution in [-0.2, 0) is 11.2 Å². The lowest BCUT2D eigenvalue weighted by Gasteiger charge is -2.26. The van der Waals surface area contributed by atoms with Gasteiger partial charge in [0.05, 0.1) is 11.6 Å². The Balaban J connectivity index is 1.81. The van der Waals surface area contributed by atoms with Crippen LogP contribution >= 0.6 is 0 Å². The lowest BCUT2D eigenvalue weighted by atomic mass is 9.87. The SMILES string of the molecule is CCCCc1ccc(C(=O)O[C@H]2CC[C@H](C=CC#N)CC2)cc1. The number of hydrogen-bond acceptors (Lipinski definition) is 3. The van der Waals surface area contributed by atoms with Crippen molar-refractivity contribution in [3.8, 4) is 6.07 Å². The highest BCUT2D eigenvalue weighted by atomic mass is 16.5. The standard InChI is InChI=1S/C20H25NO2/c1-2-3-5-16-7-11-18(12-8-16)20(22)23-19-13-9-17(10-14-19)6-4-15-21/h4,6-8,11-12,17,19H,2-3,5,9-10,13-14H2,1H3/t17-,19-. The maximum absolute atomic E-state index is 12.2. The van der Waals surface area contributed by atoms with Crippen LogP contribution in [0.4, 0.5) is 0 Å². The number of allylic oxidation sites excluding steroid dienone is 2. The Morgan fingerprint density at radius 2 is 1.96 bits per heavy atom. The first-order chi connectivity index (χ1) is 11.2. The molecule has 0 unspecified atom stereocenters. The zero-order chi connectivity index (χ0) is 16.5. The normalized spacial score (nSPS) is 21.0. The van der Waals surface area contributed by atoms with Gasteiger partial charge in [-0.3, -0.25) is 0 Å². The minimum atomic E-state index is -0.219. The monoisotopic (exact) mass is 311 g/mol. The molecular formula is C20H25NO2. The van der Waals surface area contributed by atoms with E-state index in [0.29, 0.717) is 11.5 Å². The molecule has 0 aromatic heterocycles. The number of benzene rings is 1. The average molecular weight is 311 g/mol. The summed E-state index contributed by atoms with van der Waals surface area (Å²) in [5.41, 5.74) is 1.91. The highest BCUT2D eigenvalue weighted by Crippen LogP contribution is 2.27. The zero-order valence-corrected chi connectivity index (χ0v) is 13.8. The molecule has 0 radical (unpaired) electrons. The summed E-state index contributed by atoms with van der Waals surface area (Å²) < 4.78 is 5.62. The summed E-state index contributed by atoms with van der Waals surface area (Å²) in [5.74, 6) is 0.227. The summed E-state index contributed by atoms with van der Waals surface area (Å²) >= 11 is 0. The van der Waals surface area contributed by atoms with Crippen molar-refractivity contribution < 1.29 is 9.53 Å². The molecule has 0 atom stereocenters. The molecule has 23 heavy (non-hydrogen) atoms. The molecule has 0 amide bonds. The van der Waals surface area contributed by atoms with Gasteiger partial charge >= 0.3 is 5.97 Å². The number of nitriles is 1. The van der Waals surface area contributed by atoms with E-state index in [1.165, 1.54) is 18.4 Å². The maximum Gasteiger partial charge on any atom is 0.338 e. The number of carbonyl (C=O) groups excluding carboxylic acids is 1. The van der Waals surface area contributed by atoms with Crippen molar-refractivity contribution >= 4 is 5.97 Å². The van der Waals surface area contributed by atoms with Crippen LogP contribution in [0.15, 0.2) is 36.4 Å². The molecule has 1 saturated carbocycles. The second-order valence-corrected chi connectivity index (χ2v) is 6.23. The fourth-order valence-electron chi connectivity index (χ4n) is 2.99. The van der Waals surface area contributed by atoms with Gasteiger partial charge < -0.3 is 4.74 Å². The van der Waals surface area contributed by atoms with Crippen LogP contribution in [0.2, 0.25) is 0 Å². The van der Waals surface area contributed by atoms with Crippen LogP contribution in [0.1, 0.15) is 61.4 Å². The molecular weight excluding hydrogens is 286 g/mol. The fourth-order valence-corrected chi connectivity index (χ4v) is 2.99. The highest BCUT2D eigenvalue weighted by Gasteiger charge is 2.23.